The predicted molar refractivity (Wildman–Crippen MR) is 135 cm³/mol. The summed E-state index contributed by atoms with van der Waals surface area (Å²) in [6, 6.07) is 18.7. The number of para-hydroxylation sites is 1. The van der Waals surface area contributed by atoms with Gasteiger partial charge < -0.3 is 9.73 Å². The number of benzene rings is 2. The molecule has 2 amide bonds. The predicted octanol–water partition coefficient (Wildman–Crippen LogP) is 3.69. The lowest BCUT2D eigenvalue weighted by Gasteiger charge is -2.15. The van der Waals surface area contributed by atoms with Gasteiger partial charge in [0.25, 0.3) is 0 Å². The molecular formula is C24H24N4O5S2. The average Bonchev–Trinajstić information content (AvgIpc) is 3.44. The molecule has 1 aliphatic rings. The molecule has 0 saturated carbocycles. The molecule has 1 aliphatic heterocycles. The van der Waals surface area contributed by atoms with Crippen LogP contribution >= 0.6 is 11.8 Å². The number of nitrogens with zero attached hydrogens (tertiary/aromatic N) is 3. The molecule has 2 aromatic carbocycles. The molecule has 3 aromatic rings. The lowest BCUT2D eigenvalue weighted by atomic mass is 10.2. The maximum atomic E-state index is 13.2. The van der Waals surface area contributed by atoms with Gasteiger partial charge in [-0.15, -0.1) is 0 Å². The van der Waals surface area contributed by atoms with Crippen molar-refractivity contribution in [2.45, 2.75) is 23.1 Å². The maximum absolute atomic E-state index is 13.2. The molecule has 35 heavy (non-hydrogen) atoms. The summed E-state index contributed by atoms with van der Waals surface area (Å²) in [5.74, 6) is -0.00396. The Hall–Kier alpha value is -3.41. The Morgan fingerprint density at radius 2 is 1.89 bits per heavy atom. The van der Waals surface area contributed by atoms with Crippen LogP contribution in [-0.4, -0.2) is 54.0 Å². The summed E-state index contributed by atoms with van der Waals surface area (Å²) < 4.78 is 31.6. The third-order valence-electron chi connectivity index (χ3n) is 5.16. The van der Waals surface area contributed by atoms with Gasteiger partial charge in [0.15, 0.2) is 5.17 Å². The van der Waals surface area contributed by atoms with E-state index in [1.54, 1.807) is 36.4 Å². The molecule has 4 rings (SSSR count). The number of thioether (sulfide) groups is 1. The van der Waals surface area contributed by atoms with Gasteiger partial charge in [0, 0.05) is 26.2 Å². The number of carbonyl (C=O) groups excluding carboxylic acids is 2. The van der Waals surface area contributed by atoms with Gasteiger partial charge in [-0.05, 0) is 42.5 Å². The fourth-order valence-corrected chi connectivity index (χ4v) is 5.46. The molecule has 1 N–H and O–H groups in total. The van der Waals surface area contributed by atoms with Crippen molar-refractivity contribution in [3.8, 4) is 0 Å². The number of amidine groups is 1. The topological polar surface area (TPSA) is 112 Å². The van der Waals surface area contributed by atoms with Crippen molar-refractivity contribution in [3.05, 3.63) is 78.8 Å². The number of aliphatic imine (C=N–C) groups is 1. The minimum atomic E-state index is -3.65. The van der Waals surface area contributed by atoms with Gasteiger partial charge in [0.2, 0.25) is 21.8 Å². The van der Waals surface area contributed by atoms with Crippen molar-refractivity contribution < 1.29 is 22.4 Å². The lowest BCUT2D eigenvalue weighted by Crippen LogP contribution is -2.33. The molecule has 1 aromatic heterocycles. The number of carbonyl (C=O) groups is 2. The monoisotopic (exact) mass is 512 g/mol. The lowest BCUT2D eigenvalue weighted by molar-refractivity contribution is -0.128. The van der Waals surface area contributed by atoms with Crippen LogP contribution < -0.4 is 5.32 Å². The van der Waals surface area contributed by atoms with Crippen LogP contribution in [0, 0.1) is 0 Å². The molecule has 9 nitrogen and oxygen atoms in total. The summed E-state index contributed by atoms with van der Waals surface area (Å²) in [4.78, 5) is 32.0. The van der Waals surface area contributed by atoms with Gasteiger partial charge >= 0.3 is 0 Å². The van der Waals surface area contributed by atoms with Gasteiger partial charge in [-0.1, -0.05) is 36.0 Å². The summed E-state index contributed by atoms with van der Waals surface area (Å²) >= 11 is 1.17. The molecule has 0 aliphatic carbocycles. The van der Waals surface area contributed by atoms with Crippen LogP contribution in [0.2, 0.25) is 0 Å². The minimum Gasteiger partial charge on any atom is -0.467 e. The van der Waals surface area contributed by atoms with E-state index in [0.29, 0.717) is 22.3 Å². The first-order valence-electron chi connectivity index (χ1n) is 10.7. The molecule has 11 heteroatoms. The van der Waals surface area contributed by atoms with Crippen molar-refractivity contribution >= 4 is 50.1 Å². The van der Waals surface area contributed by atoms with Crippen molar-refractivity contribution in [2.75, 3.05) is 19.4 Å². The molecule has 1 atom stereocenters. The highest BCUT2D eigenvalue weighted by Gasteiger charge is 2.39. The quantitative estimate of drug-likeness (QED) is 0.493. The van der Waals surface area contributed by atoms with Gasteiger partial charge in [-0.25, -0.2) is 17.7 Å². The van der Waals surface area contributed by atoms with Crippen molar-refractivity contribution in [1.82, 2.24) is 9.21 Å². The smallest absolute Gasteiger partial charge is 0.243 e. The zero-order chi connectivity index (χ0) is 25.0. The number of sulfonamides is 1. The Morgan fingerprint density at radius 1 is 1.11 bits per heavy atom. The fourth-order valence-electron chi connectivity index (χ4n) is 3.37. The highest BCUT2D eigenvalue weighted by Crippen LogP contribution is 2.33. The van der Waals surface area contributed by atoms with E-state index in [0.717, 1.165) is 4.31 Å². The number of hydrogen-bond donors (Lipinski definition) is 1. The fraction of sp³-hybridized carbons (Fsp3) is 0.208. The largest absolute Gasteiger partial charge is 0.467 e. The highest BCUT2D eigenvalue weighted by molar-refractivity contribution is 8.15. The first-order valence-corrected chi connectivity index (χ1v) is 13.0. The average molecular weight is 513 g/mol. The number of anilines is 1. The van der Waals surface area contributed by atoms with E-state index in [1.807, 2.05) is 18.2 Å². The van der Waals surface area contributed by atoms with E-state index < -0.39 is 15.3 Å². The molecule has 0 bridgehead atoms. The van der Waals surface area contributed by atoms with Gasteiger partial charge in [0.05, 0.1) is 23.4 Å². The molecular weight excluding hydrogens is 488 g/mol. The van der Waals surface area contributed by atoms with E-state index in [4.69, 9.17) is 4.42 Å². The molecule has 182 valence electrons. The van der Waals surface area contributed by atoms with Crippen LogP contribution in [0.3, 0.4) is 0 Å². The van der Waals surface area contributed by atoms with Crippen molar-refractivity contribution in [1.29, 1.82) is 0 Å². The summed E-state index contributed by atoms with van der Waals surface area (Å²) in [5.41, 5.74) is 1.02. The Bertz CT molecular complexity index is 1340. The van der Waals surface area contributed by atoms with E-state index in [-0.39, 0.29) is 29.7 Å². The van der Waals surface area contributed by atoms with Crippen LogP contribution in [0.5, 0.6) is 0 Å². The molecule has 1 unspecified atom stereocenters. The summed E-state index contributed by atoms with van der Waals surface area (Å²) in [7, 11) is -0.738. The summed E-state index contributed by atoms with van der Waals surface area (Å²) in [6.45, 7) is 0.143. The Balaban J connectivity index is 1.59. The zero-order valence-electron chi connectivity index (χ0n) is 19.1. The number of rotatable bonds is 8. The molecule has 0 spiro atoms. The van der Waals surface area contributed by atoms with Crippen LogP contribution in [0.15, 0.2) is 87.3 Å². The van der Waals surface area contributed by atoms with E-state index in [9.17, 15) is 18.0 Å². The second-order valence-corrected chi connectivity index (χ2v) is 11.2. The van der Waals surface area contributed by atoms with Crippen LogP contribution in [0.25, 0.3) is 0 Å². The third kappa shape index (κ3) is 5.81. The third-order valence-corrected chi connectivity index (χ3v) is 8.15. The number of nitrogens with one attached hydrogen (secondary N) is 1. The minimum absolute atomic E-state index is 0.0406. The number of hydrogen-bond acceptors (Lipinski definition) is 7. The van der Waals surface area contributed by atoms with Crippen LogP contribution in [0.1, 0.15) is 12.2 Å². The Labute approximate surface area is 207 Å². The standard InChI is InChI=1S/C24H24N4O5S2/c1-27(2)35(31,32)20-12-6-10-18(14-20)26-24-28(16-19-11-7-13-33-19)23(30)21(34-24)15-22(29)25-17-8-4-3-5-9-17/h3-14,21H,15-16H2,1-2H3,(H,25,29). The second kappa shape index (κ2) is 10.5. The zero-order valence-corrected chi connectivity index (χ0v) is 20.8. The molecule has 1 fully saturated rings. The molecule has 0 radical (unpaired) electrons. The first kappa shape index (κ1) is 24.7. The number of amides is 2. The van der Waals surface area contributed by atoms with Crippen LogP contribution in [0.4, 0.5) is 11.4 Å². The van der Waals surface area contributed by atoms with E-state index >= 15 is 0 Å². The normalized spacial score (nSPS) is 17.3. The van der Waals surface area contributed by atoms with Crippen LogP contribution in [-0.2, 0) is 26.2 Å². The Morgan fingerprint density at radius 3 is 2.57 bits per heavy atom. The Kier molecular flexibility index (Phi) is 7.39. The van der Waals surface area contributed by atoms with Gasteiger partial charge in [-0.2, -0.15) is 0 Å². The van der Waals surface area contributed by atoms with Crippen molar-refractivity contribution in [3.63, 3.8) is 0 Å². The summed E-state index contributed by atoms with van der Waals surface area (Å²) in [5, 5.41) is 2.48. The maximum Gasteiger partial charge on any atom is 0.243 e. The van der Waals surface area contributed by atoms with Gasteiger partial charge in [0.1, 0.15) is 11.0 Å². The molecule has 1 saturated heterocycles. The van der Waals surface area contributed by atoms with E-state index in [1.165, 1.54) is 49.2 Å². The molecule has 2 heterocycles. The number of furan rings is 1. The van der Waals surface area contributed by atoms with E-state index in [2.05, 4.69) is 10.3 Å². The SMILES string of the molecule is CN(C)S(=O)(=O)c1cccc(N=C2SC(CC(=O)Nc3ccccc3)C(=O)N2Cc2ccco2)c1. The van der Waals surface area contributed by atoms with Crippen molar-refractivity contribution in [2.24, 2.45) is 4.99 Å². The summed E-state index contributed by atoms with van der Waals surface area (Å²) in [6.07, 6.45) is 1.47. The second-order valence-electron chi connectivity index (χ2n) is 7.91. The first-order chi connectivity index (χ1) is 16.7. The highest BCUT2D eigenvalue weighted by atomic mass is 32.2. The van der Waals surface area contributed by atoms with Gasteiger partial charge in [-0.3, -0.25) is 14.5 Å².